The van der Waals surface area contributed by atoms with Crippen LogP contribution in [0.3, 0.4) is 0 Å². The first-order valence-corrected chi connectivity index (χ1v) is 8.88. The summed E-state index contributed by atoms with van der Waals surface area (Å²) in [4.78, 5) is 2.32. The minimum atomic E-state index is 0.0759. The van der Waals surface area contributed by atoms with E-state index >= 15 is 0 Å². The van der Waals surface area contributed by atoms with Gasteiger partial charge < -0.3 is 9.64 Å². The first kappa shape index (κ1) is 15.8. The molecule has 0 atom stereocenters. The maximum absolute atomic E-state index is 12.0. The van der Waals surface area contributed by atoms with Gasteiger partial charge in [-0.3, -0.25) is 5.11 Å². The van der Waals surface area contributed by atoms with Gasteiger partial charge in [0.15, 0.2) is 5.75 Å². The summed E-state index contributed by atoms with van der Waals surface area (Å²) < 4.78 is 6.19. The van der Waals surface area contributed by atoms with Crippen molar-refractivity contribution in [2.45, 2.75) is 25.9 Å². The minimum absolute atomic E-state index is 0.0759. The molecule has 0 saturated carbocycles. The molecule has 3 nitrogen and oxygen atoms in total. The smallest absolute Gasteiger partial charge is 0.181 e. The number of fused-ring (bicyclic) bond motifs is 1. The quantitative estimate of drug-likeness (QED) is 0.648. The number of nitrogens with zero attached hydrogens (tertiary/aromatic N) is 1. The summed E-state index contributed by atoms with van der Waals surface area (Å²) in [5.41, 5.74) is 2.23. The van der Waals surface area contributed by atoms with Gasteiger partial charge in [0.05, 0.1) is 0 Å². The second kappa shape index (κ2) is 6.67. The monoisotopic (exact) mass is 332 g/mol. The van der Waals surface area contributed by atoms with Crippen molar-refractivity contribution in [1.82, 2.24) is 0 Å². The van der Waals surface area contributed by atoms with E-state index in [1.54, 1.807) is 12.1 Å². The van der Waals surface area contributed by atoms with Gasteiger partial charge in [-0.1, -0.05) is 42.5 Å². The van der Waals surface area contributed by atoms with Gasteiger partial charge in [0, 0.05) is 43.1 Å². The Hall–Kier alpha value is -2.68. The molecule has 0 amide bonds. The molecule has 0 aromatic heterocycles. The molecule has 0 spiro atoms. The molecule has 1 aliphatic heterocycles. The number of aryl methyl sites for hydroxylation is 1. The zero-order chi connectivity index (χ0) is 17.2. The average Bonchev–Trinajstić information content (AvgIpc) is 2.63. The number of hydrogen-bond acceptors (Lipinski definition) is 2. The van der Waals surface area contributed by atoms with Crippen molar-refractivity contribution in [3.05, 3.63) is 66.2 Å². The molecule has 3 aromatic rings. The maximum atomic E-state index is 12.0. The SMILES string of the molecule is Cc1ccccc1OC1CCN(c2cc([O])cc3ccccc23)CC1. The average molecular weight is 332 g/mol. The van der Waals surface area contributed by atoms with E-state index in [9.17, 15) is 5.11 Å². The summed E-state index contributed by atoms with van der Waals surface area (Å²) in [5.74, 6) is 1.06. The second-order valence-corrected chi connectivity index (χ2v) is 6.73. The van der Waals surface area contributed by atoms with Crippen LogP contribution in [0.25, 0.3) is 10.8 Å². The Morgan fingerprint density at radius 2 is 1.68 bits per heavy atom. The van der Waals surface area contributed by atoms with Crippen molar-refractivity contribution in [1.29, 1.82) is 0 Å². The van der Waals surface area contributed by atoms with Crippen molar-refractivity contribution < 1.29 is 9.84 Å². The maximum Gasteiger partial charge on any atom is 0.181 e. The number of benzene rings is 3. The lowest BCUT2D eigenvalue weighted by Crippen LogP contribution is -2.38. The molecule has 1 fully saturated rings. The fraction of sp³-hybridized carbons (Fsp3) is 0.273. The number of piperidine rings is 1. The van der Waals surface area contributed by atoms with Gasteiger partial charge in [-0.2, -0.15) is 0 Å². The van der Waals surface area contributed by atoms with Crippen molar-refractivity contribution in [3.8, 4) is 11.5 Å². The number of ether oxygens (including phenoxy) is 1. The lowest BCUT2D eigenvalue weighted by atomic mass is 10.0. The van der Waals surface area contributed by atoms with Crippen LogP contribution in [0.2, 0.25) is 0 Å². The van der Waals surface area contributed by atoms with Crippen LogP contribution in [0.1, 0.15) is 18.4 Å². The predicted octanol–water partition coefficient (Wildman–Crippen LogP) is 5.34. The first-order valence-electron chi connectivity index (χ1n) is 8.88. The Bertz CT molecular complexity index is 882. The predicted molar refractivity (Wildman–Crippen MR) is 101 cm³/mol. The van der Waals surface area contributed by atoms with Gasteiger partial charge >= 0.3 is 0 Å². The summed E-state index contributed by atoms with van der Waals surface area (Å²) in [7, 11) is 0. The van der Waals surface area contributed by atoms with Gasteiger partial charge in [-0.05, 0) is 30.0 Å². The van der Waals surface area contributed by atoms with Gasteiger partial charge in [0.25, 0.3) is 0 Å². The lowest BCUT2D eigenvalue weighted by Gasteiger charge is -2.34. The van der Waals surface area contributed by atoms with Crippen LogP contribution in [-0.2, 0) is 5.11 Å². The highest BCUT2D eigenvalue weighted by molar-refractivity contribution is 5.95. The Balaban J connectivity index is 1.50. The van der Waals surface area contributed by atoms with E-state index in [1.807, 2.05) is 36.4 Å². The number of hydrogen-bond donors (Lipinski definition) is 0. The summed E-state index contributed by atoms with van der Waals surface area (Å²) in [6.45, 7) is 3.89. The minimum Gasteiger partial charge on any atom is -0.490 e. The third-order valence-corrected chi connectivity index (χ3v) is 4.98. The Kier molecular flexibility index (Phi) is 4.22. The molecular formula is C22H22NO2. The lowest BCUT2D eigenvalue weighted by molar-refractivity contribution is 0.170. The zero-order valence-electron chi connectivity index (χ0n) is 14.4. The number of anilines is 1. The Morgan fingerprint density at radius 1 is 0.960 bits per heavy atom. The van der Waals surface area contributed by atoms with Crippen molar-refractivity contribution in [2.24, 2.45) is 0 Å². The highest BCUT2D eigenvalue weighted by Crippen LogP contribution is 2.34. The van der Waals surface area contributed by atoms with Crippen LogP contribution in [0.4, 0.5) is 5.69 Å². The molecule has 3 heteroatoms. The second-order valence-electron chi connectivity index (χ2n) is 6.73. The largest absolute Gasteiger partial charge is 0.490 e. The van der Waals surface area contributed by atoms with Crippen LogP contribution in [0, 0.1) is 6.92 Å². The van der Waals surface area contributed by atoms with Gasteiger partial charge in [-0.15, -0.1) is 0 Å². The number of para-hydroxylation sites is 1. The van der Waals surface area contributed by atoms with Crippen molar-refractivity contribution in [3.63, 3.8) is 0 Å². The van der Waals surface area contributed by atoms with E-state index in [0.717, 1.165) is 48.1 Å². The van der Waals surface area contributed by atoms with Crippen LogP contribution in [-0.4, -0.2) is 19.2 Å². The van der Waals surface area contributed by atoms with Gasteiger partial charge in [0.2, 0.25) is 0 Å². The summed E-state index contributed by atoms with van der Waals surface area (Å²) in [6, 6.07) is 19.8. The van der Waals surface area contributed by atoms with E-state index < -0.39 is 0 Å². The highest BCUT2D eigenvalue weighted by Gasteiger charge is 2.22. The normalized spacial score (nSPS) is 15.5. The molecule has 1 heterocycles. The van der Waals surface area contributed by atoms with E-state index in [1.165, 1.54) is 5.56 Å². The molecule has 0 aliphatic carbocycles. The highest BCUT2D eigenvalue weighted by atomic mass is 16.5. The summed E-state index contributed by atoms with van der Waals surface area (Å²) in [5, 5.41) is 14.2. The standard InChI is InChI=1S/C22H22NO2/c1-16-6-2-5-9-22(16)25-19-10-12-23(13-11-19)21-15-18(24)14-17-7-3-4-8-20(17)21/h2-9,14-15,19H,10-13H2,1H3. The van der Waals surface area contributed by atoms with Crippen LogP contribution >= 0.6 is 0 Å². The molecule has 25 heavy (non-hydrogen) atoms. The molecule has 1 saturated heterocycles. The van der Waals surface area contributed by atoms with E-state index in [2.05, 4.69) is 24.0 Å². The molecule has 0 N–H and O–H groups in total. The third kappa shape index (κ3) is 3.27. The fourth-order valence-corrected chi connectivity index (χ4v) is 3.61. The summed E-state index contributed by atoms with van der Waals surface area (Å²) in [6.07, 6.45) is 2.16. The molecule has 1 radical (unpaired) electrons. The topological polar surface area (TPSA) is 32.4 Å². The molecule has 4 rings (SSSR count). The zero-order valence-corrected chi connectivity index (χ0v) is 14.4. The van der Waals surface area contributed by atoms with Crippen LogP contribution in [0.15, 0.2) is 60.7 Å². The number of rotatable bonds is 3. The molecule has 0 unspecified atom stereocenters. The molecule has 3 aromatic carbocycles. The van der Waals surface area contributed by atoms with Crippen molar-refractivity contribution in [2.75, 3.05) is 18.0 Å². The molecule has 1 aliphatic rings. The molecular weight excluding hydrogens is 310 g/mol. The third-order valence-electron chi connectivity index (χ3n) is 4.98. The van der Waals surface area contributed by atoms with E-state index in [-0.39, 0.29) is 11.9 Å². The van der Waals surface area contributed by atoms with Crippen LogP contribution < -0.4 is 9.64 Å². The Morgan fingerprint density at radius 3 is 2.48 bits per heavy atom. The van der Waals surface area contributed by atoms with E-state index in [0.29, 0.717) is 0 Å². The first-order chi connectivity index (χ1) is 12.2. The fourth-order valence-electron chi connectivity index (χ4n) is 3.61. The summed E-state index contributed by atoms with van der Waals surface area (Å²) >= 11 is 0. The van der Waals surface area contributed by atoms with Gasteiger partial charge in [0.1, 0.15) is 11.9 Å². The molecule has 127 valence electrons. The van der Waals surface area contributed by atoms with E-state index in [4.69, 9.17) is 4.74 Å². The van der Waals surface area contributed by atoms with Crippen molar-refractivity contribution >= 4 is 16.5 Å². The van der Waals surface area contributed by atoms with Gasteiger partial charge in [-0.25, -0.2) is 0 Å². The molecule has 0 bridgehead atoms. The van der Waals surface area contributed by atoms with Crippen LogP contribution in [0.5, 0.6) is 11.5 Å². The Labute approximate surface area is 148 Å².